The number of hydrogen-bond acceptors (Lipinski definition) is 3. The molecule has 1 aliphatic rings. The number of amides is 2. The van der Waals surface area contributed by atoms with Crippen molar-refractivity contribution in [3.63, 3.8) is 0 Å². The minimum atomic E-state index is -0.589. The van der Waals surface area contributed by atoms with Gasteiger partial charge >= 0.3 is 0 Å². The standard InChI is InChI=1S/C18H17FN2O3/c1-11-17(22)21-15-7-4-13(10-16(15)24-11)18(23)20-9-8-12-2-5-14(19)6-3-12/h2-7,10-11H,8-9H2,1H3,(H,20,23)(H,21,22). The van der Waals surface area contributed by atoms with Crippen molar-refractivity contribution in [3.8, 4) is 5.75 Å². The second-order valence-corrected chi connectivity index (χ2v) is 5.59. The molecule has 2 aromatic rings. The van der Waals surface area contributed by atoms with Crippen LogP contribution in [0.4, 0.5) is 10.1 Å². The first-order valence-corrected chi connectivity index (χ1v) is 7.67. The molecule has 0 aromatic heterocycles. The molecule has 24 heavy (non-hydrogen) atoms. The van der Waals surface area contributed by atoms with Gasteiger partial charge in [0.15, 0.2) is 6.10 Å². The lowest BCUT2D eigenvalue weighted by Crippen LogP contribution is -2.34. The Balaban J connectivity index is 1.60. The molecule has 2 N–H and O–H groups in total. The predicted molar refractivity (Wildman–Crippen MR) is 87.6 cm³/mol. The number of ether oxygens (including phenoxy) is 1. The summed E-state index contributed by atoms with van der Waals surface area (Å²) in [5.41, 5.74) is 1.96. The second kappa shape index (κ2) is 6.70. The van der Waals surface area contributed by atoms with Crippen LogP contribution in [0.2, 0.25) is 0 Å². The van der Waals surface area contributed by atoms with E-state index in [0.717, 1.165) is 5.56 Å². The zero-order valence-electron chi connectivity index (χ0n) is 13.1. The van der Waals surface area contributed by atoms with E-state index < -0.39 is 6.10 Å². The third-order valence-corrected chi connectivity index (χ3v) is 3.79. The minimum absolute atomic E-state index is 0.209. The summed E-state index contributed by atoms with van der Waals surface area (Å²) in [6.45, 7) is 2.09. The zero-order valence-corrected chi connectivity index (χ0v) is 13.1. The van der Waals surface area contributed by atoms with Crippen molar-refractivity contribution < 1.29 is 18.7 Å². The monoisotopic (exact) mass is 328 g/mol. The molecule has 0 saturated carbocycles. The van der Waals surface area contributed by atoms with E-state index in [1.165, 1.54) is 12.1 Å². The highest BCUT2D eigenvalue weighted by Gasteiger charge is 2.24. The highest BCUT2D eigenvalue weighted by molar-refractivity contribution is 6.00. The lowest BCUT2D eigenvalue weighted by molar-refractivity contribution is -0.122. The Hall–Kier alpha value is -2.89. The van der Waals surface area contributed by atoms with Crippen LogP contribution in [0, 0.1) is 5.82 Å². The third-order valence-electron chi connectivity index (χ3n) is 3.79. The van der Waals surface area contributed by atoms with E-state index in [1.807, 2.05) is 0 Å². The van der Waals surface area contributed by atoms with Gasteiger partial charge in [0.2, 0.25) is 0 Å². The highest BCUT2D eigenvalue weighted by atomic mass is 19.1. The summed E-state index contributed by atoms with van der Waals surface area (Å²) in [7, 11) is 0. The van der Waals surface area contributed by atoms with E-state index in [-0.39, 0.29) is 17.6 Å². The maximum atomic E-state index is 12.8. The number of rotatable bonds is 4. The third kappa shape index (κ3) is 3.53. The fourth-order valence-electron chi connectivity index (χ4n) is 2.42. The Morgan fingerprint density at radius 1 is 1.25 bits per heavy atom. The topological polar surface area (TPSA) is 67.4 Å². The summed E-state index contributed by atoms with van der Waals surface area (Å²) in [5.74, 6) is -0.237. The van der Waals surface area contributed by atoms with Crippen molar-refractivity contribution in [2.24, 2.45) is 0 Å². The Morgan fingerprint density at radius 2 is 2.00 bits per heavy atom. The van der Waals surface area contributed by atoms with Gasteiger partial charge in [-0.25, -0.2) is 4.39 Å². The lowest BCUT2D eigenvalue weighted by atomic mass is 10.1. The molecule has 0 radical (unpaired) electrons. The van der Waals surface area contributed by atoms with E-state index in [9.17, 15) is 14.0 Å². The molecule has 0 saturated heterocycles. The van der Waals surface area contributed by atoms with Gasteiger partial charge in [-0.3, -0.25) is 9.59 Å². The molecule has 2 amide bonds. The van der Waals surface area contributed by atoms with Crippen LogP contribution in [0.15, 0.2) is 42.5 Å². The molecule has 0 spiro atoms. The summed E-state index contributed by atoms with van der Waals surface area (Å²) < 4.78 is 18.3. The fourth-order valence-corrected chi connectivity index (χ4v) is 2.42. The van der Waals surface area contributed by atoms with Gasteiger partial charge in [0.25, 0.3) is 11.8 Å². The number of carbonyl (C=O) groups is 2. The average molecular weight is 328 g/mol. The summed E-state index contributed by atoms with van der Waals surface area (Å²) in [6.07, 6.45) is 0.0230. The second-order valence-electron chi connectivity index (χ2n) is 5.59. The first-order chi connectivity index (χ1) is 11.5. The number of halogens is 1. The van der Waals surface area contributed by atoms with Crippen molar-refractivity contribution in [1.82, 2.24) is 5.32 Å². The fraction of sp³-hybridized carbons (Fsp3) is 0.222. The number of anilines is 1. The maximum Gasteiger partial charge on any atom is 0.265 e. The quantitative estimate of drug-likeness (QED) is 0.906. The Morgan fingerprint density at radius 3 is 2.75 bits per heavy atom. The molecule has 6 heteroatoms. The van der Waals surface area contributed by atoms with E-state index in [4.69, 9.17) is 4.74 Å². The smallest absolute Gasteiger partial charge is 0.265 e. The maximum absolute atomic E-state index is 12.8. The normalized spacial score (nSPS) is 15.9. The molecule has 124 valence electrons. The van der Waals surface area contributed by atoms with E-state index >= 15 is 0 Å². The van der Waals surface area contributed by atoms with Gasteiger partial charge in [-0.05, 0) is 49.2 Å². The molecule has 3 rings (SSSR count). The lowest BCUT2D eigenvalue weighted by Gasteiger charge is -2.23. The number of carbonyl (C=O) groups excluding carboxylic acids is 2. The van der Waals surface area contributed by atoms with Gasteiger partial charge in [0.05, 0.1) is 5.69 Å². The van der Waals surface area contributed by atoms with Crippen molar-refractivity contribution in [1.29, 1.82) is 0 Å². The summed E-state index contributed by atoms with van der Waals surface area (Å²) in [5, 5.41) is 5.53. The van der Waals surface area contributed by atoms with Gasteiger partial charge in [-0.15, -0.1) is 0 Å². The molecule has 1 aliphatic heterocycles. The van der Waals surface area contributed by atoms with Gasteiger partial charge in [0, 0.05) is 12.1 Å². The first-order valence-electron chi connectivity index (χ1n) is 7.67. The van der Waals surface area contributed by atoms with Crippen LogP contribution in [-0.4, -0.2) is 24.5 Å². The number of fused-ring (bicyclic) bond motifs is 1. The van der Waals surface area contributed by atoms with Crippen LogP contribution in [0.1, 0.15) is 22.8 Å². The summed E-state index contributed by atoms with van der Waals surface area (Å²) in [4.78, 5) is 23.7. The average Bonchev–Trinajstić information content (AvgIpc) is 2.57. The molecule has 1 atom stereocenters. The van der Waals surface area contributed by atoms with Crippen LogP contribution in [0.3, 0.4) is 0 Å². The number of nitrogens with one attached hydrogen (secondary N) is 2. The molecular weight excluding hydrogens is 311 g/mol. The van der Waals surface area contributed by atoms with Gasteiger partial charge < -0.3 is 15.4 Å². The Bertz CT molecular complexity index is 774. The molecule has 5 nitrogen and oxygen atoms in total. The predicted octanol–water partition coefficient (Wildman–Crippen LogP) is 2.52. The van der Waals surface area contributed by atoms with Crippen LogP contribution in [-0.2, 0) is 11.2 Å². The largest absolute Gasteiger partial charge is 0.479 e. The molecule has 1 heterocycles. The van der Waals surface area contributed by atoms with Crippen LogP contribution in [0.5, 0.6) is 5.75 Å². The van der Waals surface area contributed by atoms with Crippen molar-refractivity contribution in [3.05, 3.63) is 59.4 Å². The molecule has 2 aromatic carbocycles. The van der Waals surface area contributed by atoms with Crippen LogP contribution >= 0.6 is 0 Å². The highest BCUT2D eigenvalue weighted by Crippen LogP contribution is 2.30. The molecule has 0 fully saturated rings. The molecule has 0 bridgehead atoms. The van der Waals surface area contributed by atoms with Crippen molar-refractivity contribution >= 4 is 17.5 Å². The molecule has 0 aliphatic carbocycles. The van der Waals surface area contributed by atoms with Crippen molar-refractivity contribution in [2.75, 3.05) is 11.9 Å². The Labute approximate surface area is 138 Å². The summed E-state index contributed by atoms with van der Waals surface area (Å²) >= 11 is 0. The van der Waals surface area contributed by atoms with E-state index in [0.29, 0.717) is 30.0 Å². The SMILES string of the molecule is CC1Oc2cc(C(=O)NCCc3ccc(F)cc3)ccc2NC1=O. The van der Waals surface area contributed by atoms with Crippen molar-refractivity contribution in [2.45, 2.75) is 19.4 Å². The number of benzene rings is 2. The first kappa shape index (κ1) is 16.0. The minimum Gasteiger partial charge on any atom is -0.479 e. The summed E-state index contributed by atoms with van der Waals surface area (Å²) in [6, 6.07) is 11.1. The molecular formula is C18H17FN2O3. The molecule has 1 unspecified atom stereocenters. The van der Waals surface area contributed by atoms with E-state index in [1.54, 1.807) is 37.3 Å². The van der Waals surface area contributed by atoms with Gasteiger partial charge in [-0.2, -0.15) is 0 Å². The van der Waals surface area contributed by atoms with E-state index in [2.05, 4.69) is 10.6 Å². The van der Waals surface area contributed by atoms with Crippen LogP contribution in [0.25, 0.3) is 0 Å². The zero-order chi connectivity index (χ0) is 17.1. The van der Waals surface area contributed by atoms with Gasteiger partial charge in [0.1, 0.15) is 11.6 Å². The van der Waals surface area contributed by atoms with Crippen LogP contribution < -0.4 is 15.4 Å². The number of hydrogen-bond donors (Lipinski definition) is 2. The Kier molecular flexibility index (Phi) is 4.46. The van der Waals surface area contributed by atoms with Gasteiger partial charge in [-0.1, -0.05) is 12.1 Å².